The fourth-order valence-corrected chi connectivity index (χ4v) is 13.9. The van der Waals surface area contributed by atoms with Crippen molar-refractivity contribution < 1.29 is 23.0 Å². The fourth-order valence-electron chi connectivity index (χ4n) is 12.8. The van der Waals surface area contributed by atoms with Gasteiger partial charge in [0.15, 0.2) is 41.2 Å². The Kier molecular flexibility index (Phi) is 37.0. The van der Waals surface area contributed by atoms with Gasteiger partial charge in [-0.05, 0) is 162 Å². The Morgan fingerprint density at radius 3 is 1.27 bits per heavy atom. The highest BCUT2D eigenvalue weighted by Crippen LogP contribution is 2.39. The number of para-hydroxylation sites is 3. The normalized spacial score (nSPS) is 10.0. The average molecular weight is 1440 g/mol. The zero-order valence-electron chi connectivity index (χ0n) is 70.7. The van der Waals surface area contributed by atoms with Gasteiger partial charge >= 0.3 is 0 Å². The van der Waals surface area contributed by atoms with Crippen LogP contribution in [0.25, 0.3) is 108 Å². The van der Waals surface area contributed by atoms with E-state index in [0.29, 0.717) is 0 Å². The molecule has 8 heterocycles. The molecule has 14 nitrogen and oxygen atoms in total. The van der Waals surface area contributed by atoms with Crippen LogP contribution in [0.5, 0.6) is 0 Å². The van der Waals surface area contributed by atoms with E-state index in [1.807, 2.05) is 246 Å². The van der Waals surface area contributed by atoms with Crippen LogP contribution in [0.15, 0.2) is 169 Å². The maximum Gasteiger partial charge on any atom is 0.224 e. The van der Waals surface area contributed by atoms with Crippen LogP contribution in [0.1, 0.15) is 189 Å². The molecule has 0 spiro atoms. The third kappa shape index (κ3) is 18.6. The molecule has 0 aliphatic carbocycles. The van der Waals surface area contributed by atoms with Crippen LogP contribution in [0.4, 0.5) is 0 Å². The molecule has 0 bridgehead atoms. The van der Waals surface area contributed by atoms with Crippen LogP contribution in [-0.4, -0.2) is 44.1 Å². The molecule has 0 atom stereocenters. The lowest BCUT2D eigenvalue weighted by Gasteiger charge is -2.16. The molecule has 8 aromatic carbocycles. The zero-order chi connectivity index (χ0) is 79.3. The van der Waals surface area contributed by atoms with E-state index in [0.717, 1.165) is 39.0 Å². The Balaban J connectivity index is 0.000000336. The van der Waals surface area contributed by atoms with Gasteiger partial charge in [-0.2, -0.15) is 0 Å². The summed E-state index contributed by atoms with van der Waals surface area (Å²) in [5, 5.41) is 29.1. The van der Waals surface area contributed by atoms with Gasteiger partial charge in [0, 0.05) is 116 Å². The predicted octanol–water partition coefficient (Wildman–Crippen LogP) is 23.5. The summed E-state index contributed by atoms with van der Waals surface area (Å²) >= 11 is 1.84. The summed E-state index contributed by atoms with van der Waals surface area (Å²) < 4.78 is 19.3. The smallest absolute Gasteiger partial charge is 0.224 e. The lowest BCUT2D eigenvalue weighted by molar-refractivity contribution is -0.688. The van der Waals surface area contributed by atoms with Gasteiger partial charge in [-0.3, -0.25) is 0 Å². The number of hydrogen-bond donors (Lipinski definition) is 0. The second kappa shape index (κ2) is 43.4. The lowest BCUT2D eigenvalue weighted by Crippen LogP contribution is -2.39. The Hall–Kier alpha value is -9.86. The first kappa shape index (κ1) is 89.4. The van der Waals surface area contributed by atoms with Gasteiger partial charge < -0.3 is 8.98 Å². The van der Waals surface area contributed by atoms with E-state index in [4.69, 9.17) is 9.52 Å². The molecule has 16 rings (SSSR count). The topological polar surface area (TPSA) is 105 Å². The van der Waals surface area contributed by atoms with Crippen LogP contribution in [0.3, 0.4) is 0 Å². The molecule has 16 aromatic rings. The summed E-state index contributed by atoms with van der Waals surface area (Å²) in [5.74, 6) is 0. The molecule has 0 fully saturated rings. The summed E-state index contributed by atoms with van der Waals surface area (Å²) in [6.07, 6.45) is 11.3. The number of hydrogen-bond acceptors (Lipinski definition) is 6. The van der Waals surface area contributed by atoms with E-state index < -0.39 is 0 Å². The van der Waals surface area contributed by atoms with Crippen molar-refractivity contribution in [3.05, 3.63) is 215 Å². The average Bonchev–Trinajstić information content (AvgIpc) is 1.70. The molecule has 0 saturated heterocycles. The third-order valence-electron chi connectivity index (χ3n) is 17.4. The minimum Gasteiger partial charge on any atom is -0.456 e. The van der Waals surface area contributed by atoms with Crippen LogP contribution in [0.2, 0.25) is 0 Å². The summed E-state index contributed by atoms with van der Waals surface area (Å²) in [6.45, 7) is 59.7. The molecule has 0 radical (unpaired) electrons. The Morgan fingerprint density at radius 1 is 0.324 bits per heavy atom. The van der Waals surface area contributed by atoms with Crippen molar-refractivity contribution in [3.8, 4) is 17.1 Å². The quantitative estimate of drug-likeness (QED) is 0.129. The van der Waals surface area contributed by atoms with E-state index in [2.05, 4.69) is 212 Å². The van der Waals surface area contributed by atoms with Gasteiger partial charge in [0.2, 0.25) is 29.8 Å². The number of furan rings is 1. The number of rotatable bonds is 3. The number of aryl methyl sites for hydroxylation is 12. The molecule has 0 N–H and O–H groups in total. The Labute approximate surface area is 633 Å². The largest absolute Gasteiger partial charge is 0.456 e. The Bertz CT molecular complexity index is 5180. The molecule has 0 saturated carbocycles. The van der Waals surface area contributed by atoms with Gasteiger partial charge in [-0.1, -0.05) is 205 Å². The van der Waals surface area contributed by atoms with E-state index in [1.165, 1.54) is 119 Å². The predicted molar refractivity (Wildman–Crippen MR) is 456 cm³/mol. The maximum absolute atomic E-state index is 5.94. The summed E-state index contributed by atoms with van der Waals surface area (Å²) in [4.78, 5) is 7.47. The lowest BCUT2D eigenvalue weighted by atomic mass is 9.89. The number of fused-ring (bicyclic) bond motifs is 15. The number of thiophene rings is 1. The highest BCUT2D eigenvalue weighted by atomic mass is 32.1. The first-order valence-electron chi connectivity index (χ1n) is 38.7. The van der Waals surface area contributed by atoms with Crippen LogP contribution >= 0.6 is 11.3 Å². The molecule has 0 unspecified atom stereocenters. The van der Waals surface area contributed by atoms with E-state index in [1.54, 1.807) is 11.0 Å². The molecule has 105 heavy (non-hydrogen) atoms. The first-order valence-corrected chi connectivity index (χ1v) is 39.5. The van der Waals surface area contributed by atoms with Crippen molar-refractivity contribution in [1.82, 2.24) is 44.1 Å². The van der Waals surface area contributed by atoms with Crippen LogP contribution < -0.4 is 18.6 Å². The highest BCUT2D eigenvalue weighted by Gasteiger charge is 2.27. The third-order valence-corrected chi connectivity index (χ3v) is 18.5. The van der Waals surface area contributed by atoms with Crippen molar-refractivity contribution >= 4 is 102 Å². The summed E-state index contributed by atoms with van der Waals surface area (Å²) in [6, 6.07) is 45.2. The zero-order valence-corrected chi connectivity index (χ0v) is 71.5. The minimum absolute atomic E-state index is 0.903. The fraction of sp³-hybridized carbons (Fsp3) is 0.378. The second-order valence-electron chi connectivity index (χ2n) is 22.5. The highest BCUT2D eigenvalue weighted by molar-refractivity contribution is 7.25. The minimum atomic E-state index is 0.903. The molecule has 15 heteroatoms. The second-order valence-corrected chi connectivity index (χ2v) is 23.6. The van der Waals surface area contributed by atoms with Crippen molar-refractivity contribution in [1.29, 1.82) is 0 Å². The summed E-state index contributed by atoms with van der Waals surface area (Å²) in [5.41, 5.74) is 21.8. The SMILES string of the molecule is CC.CC.CC.CC.CC.CC.CC.CC.CC.CC.Cc1c(C)c(C)c2c(c1C)c1cccc(C)c1[n+]1c2c(C)nn1C.Cc1cc2c(cc1-[n+]1ccnn1C)oc1ccccc12.Cc1cc2c(cc1-[n+]1ccnn1C)sc1ccccc12.Cc1cc2c3ccccc3n(C)c2cc1-[n+]1ccnn1C. The molecular weight excluding hydrogens is 1310 g/mol. The molecule has 562 valence electrons. The van der Waals surface area contributed by atoms with Crippen molar-refractivity contribution in [2.24, 2.45) is 35.2 Å². The van der Waals surface area contributed by atoms with E-state index in [-0.39, 0.29) is 0 Å². The molecular formula is C90H129N13OS+4. The molecule has 0 aliphatic rings. The van der Waals surface area contributed by atoms with Gasteiger partial charge in [0.25, 0.3) is 0 Å². The van der Waals surface area contributed by atoms with Crippen LogP contribution in [-0.2, 0) is 35.2 Å². The first-order chi connectivity index (χ1) is 51.0. The molecule has 8 aromatic heterocycles. The molecule has 0 aliphatic heterocycles. The standard InChI is InChI=1S/C21H24N3.C17H17N4.C16H14N3O.C16H14N3S.10C2H6/c1-11-9-8-10-17-18-14(4)12(2)13(3)15(5)19(18)21-16(6)22-23(7)24(21)20(11)17;1-12-10-14-13-6-4-5-7-15(13)19(2)17(14)11-16(12)21-9-8-18-20(21)3;2*1-11-9-13-12-5-3-4-6-15(12)20-16(13)10-14(11)19-8-7-17-18(19)2;10*1-2/h8-10H,1-7H3;4-11H,1-3H3;2*3-10H,1-2H3;10*1-2H3/q4*+1;;;;;;;;;;. The van der Waals surface area contributed by atoms with Gasteiger partial charge in [0.05, 0.1) is 33.7 Å². The van der Waals surface area contributed by atoms with E-state index in [9.17, 15) is 0 Å². The Morgan fingerprint density at radius 2 is 0.752 bits per heavy atom. The maximum atomic E-state index is 5.94. The number of aromatic nitrogens is 13. The van der Waals surface area contributed by atoms with Gasteiger partial charge in [0.1, 0.15) is 11.2 Å². The van der Waals surface area contributed by atoms with Crippen molar-refractivity contribution in [2.75, 3.05) is 0 Å². The van der Waals surface area contributed by atoms with E-state index >= 15 is 0 Å². The van der Waals surface area contributed by atoms with Crippen molar-refractivity contribution in [3.63, 3.8) is 0 Å². The number of pyridine rings is 1. The van der Waals surface area contributed by atoms with Crippen molar-refractivity contribution in [2.45, 2.75) is 201 Å². The monoisotopic (exact) mass is 1440 g/mol. The molecule has 0 amide bonds. The van der Waals surface area contributed by atoms with Crippen LogP contribution in [0, 0.1) is 62.3 Å². The number of nitrogens with zero attached hydrogens (tertiary/aromatic N) is 13. The summed E-state index contributed by atoms with van der Waals surface area (Å²) in [7, 11) is 9.97. The van der Waals surface area contributed by atoms with Gasteiger partial charge in [-0.15, -0.1) is 29.9 Å². The van der Waals surface area contributed by atoms with Gasteiger partial charge in [-0.25, -0.2) is 0 Å². The number of benzene rings is 8.